The van der Waals surface area contributed by atoms with Crippen molar-refractivity contribution in [3.05, 3.63) is 46.8 Å². The van der Waals surface area contributed by atoms with Crippen LogP contribution < -0.4 is 10.6 Å². The number of hydrogen-bond acceptors (Lipinski definition) is 4. The zero-order valence-electron chi connectivity index (χ0n) is 15.5. The van der Waals surface area contributed by atoms with Crippen molar-refractivity contribution in [3.63, 3.8) is 0 Å². The van der Waals surface area contributed by atoms with Gasteiger partial charge in [-0.1, -0.05) is 0 Å². The second-order valence-corrected chi connectivity index (χ2v) is 7.33. The molecule has 3 heterocycles. The lowest BCUT2D eigenvalue weighted by atomic mass is 10.0. The Labute approximate surface area is 158 Å². The van der Waals surface area contributed by atoms with Gasteiger partial charge in [0.25, 0.3) is 11.8 Å². The molecule has 2 aliphatic rings. The summed E-state index contributed by atoms with van der Waals surface area (Å²) in [5.41, 5.74) is 3.70. The van der Waals surface area contributed by atoms with Crippen LogP contribution >= 0.6 is 0 Å². The lowest BCUT2D eigenvalue weighted by Gasteiger charge is -2.33. The van der Waals surface area contributed by atoms with Crippen molar-refractivity contribution in [2.75, 3.05) is 18.4 Å². The molecule has 27 heavy (non-hydrogen) atoms. The number of aromatic nitrogens is 2. The molecule has 7 nitrogen and oxygen atoms in total. The fourth-order valence-electron chi connectivity index (χ4n) is 3.87. The molecular formula is C20H25N5O2. The smallest absolute Gasteiger partial charge is 0.276 e. The number of nitrogens with zero attached hydrogens (tertiary/aromatic N) is 2. The standard InChI is InChI=1S/C20H25N5O2/c1-13-4-2-3-11-25(13)20(27)14-5-7-15(8-6-14)22-19(26)18-16-12-21-10-9-17(16)23-24-18/h5-8,13,21H,2-4,9-12H2,1H3,(H,22,26)(H,23,24). The van der Waals surface area contributed by atoms with Crippen LogP contribution in [0.15, 0.2) is 24.3 Å². The summed E-state index contributed by atoms with van der Waals surface area (Å²) in [5, 5.41) is 13.3. The first kappa shape index (κ1) is 17.7. The normalized spacial score (nSPS) is 19.4. The van der Waals surface area contributed by atoms with E-state index in [2.05, 4.69) is 27.8 Å². The van der Waals surface area contributed by atoms with Crippen molar-refractivity contribution in [1.82, 2.24) is 20.4 Å². The fraction of sp³-hybridized carbons (Fsp3) is 0.450. The minimum Gasteiger partial charge on any atom is -0.336 e. The summed E-state index contributed by atoms with van der Waals surface area (Å²) in [6, 6.07) is 7.39. The third-order valence-corrected chi connectivity index (χ3v) is 5.47. The summed E-state index contributed by atoms with van der Waals surface area (Å²) in [7, 11) is 0. The highest BCUT2D eigenvalue weighted by atomic mass is 16.2. The molecule has 0 bridgehead atoms. The Bertz CT molecular complexity index is 843. The van der Waals surface area contributed by atoms with Gasteiger partial charge in [-0.2, -0.15) is 5.10 Å². The van der Waals surface area contributed by atoms with E-state index in [4.69, 9.17) is 0 Å². The number of piperidine rings is 1. The van der Waals surface area contributed by atoms with Crippen molar-refractivity contribution in [2.24, 2.45) is 0 Å². The van der Waals surface area contributed by atoms with E-state index in [1.165, 1.54) is 6.42 Å². The quantitative estimate of drug-likeness (QED) is 0.777. The molecule has 2 aromatic rings. The Hall–Kier alpha value is -2.67. The third-order valence-electron chi connectivity index (χ3n) is 5.47. The average Bonchev–Trinajstić information content (AvgIpc) is 3.13. The Kier molecular flexibility index (Phi) is 4.94. The lowest BCUT2D eigenvalue weighted by Crippen LogP contribution is -2.42. The molecule has 1 atom stereocenters. The molecule has 4 rings (SSSR count). The van der Waals surface area contributed by atoms with Gasteiger partial charge < -0.3 is 15.5 Å². The number of H-pyrrole nitrogens is 1. The van der Waals surface area contributed by atoms with Gasteiger partial charge in [0.05, 0.1) is 0 Å². The maximum Gasteiger partial charge on any atom is 0.276 e. The summed E-state index contributed by atoms with van der Waals surface area (Å²) in [6.45, 7) is 4.46. The van der Waals surface area contributed by atoms with E-state index in [-0.39, 0.29) is 17.9 Å². The van der Waals surface area contributed by atoms with Gasteiger partial charge in [-0.25, -0.2) is 0 Å². The number of aromatic amines is 1. The highest BCUT2D eigenvalue weighted by molar-refractivity contribution is 6.04. The zero-order valence-corrected chi connectivity index (χ0v) is 15.5. The topological polar surface area (TPSA) is 90.1 Å². The van der Waals surface area contributed by atoms with Crippen molar-refractivity contribution in [3.8, 4) is 0 Å². The molecule has 3 N–H and O–H groups in total. The van der Waals surface area contributed by atoms with Gasteiger partial charge >= 0.3 is 0 Å². The van der Waals surface area contributed by atoms with Crippen LogP contribution in [0.25, 0.3) is 0 Å². The third kappa shape index (κ3) is 3.60. The average molecular weight is 367 g/mol. The van der Waals surface area contributed by atoms with Crippen LogP contribution in [0.2, 0.25) is 0 Å². The number of carbonyl (C=O) groups excluding carboxylic acids is 2. The number of carbonyl (C=O) groups is 2. The SMILES string of the molecule is CC1CCCCN1C(=O)c1ccc(NC(=O)c2n[nH]c3c2CNCC3)cc1. The molecule has 0 saturated carbocycles. The minimum atomic E-state index is -0.236. The molecule has 0 radical (unpaired) electrons. The molecule has 1 aromatic heterocycles. The lowest BCUT2D eigenvalue weighted by molar-refractivity contribution is 0.0635. The Morgan fingerprint density at radius 3 is 2.81 bits per heavy atom. The highest BCUT2D eigenvalue weighted by Crippen LogP contribution is 2.21. The van der Waals surface area contributed by atoms with Crippen LogP contribution in [0.5, 0.6) is 0 Å². The maximum absolute atomic E-state index is 12.7. The van der Waals surface area contributed by atoms with E-state index in [0.29, 0.717) is 23.5 Å². The summed E-state index contributed by atoms with van der Waals surface area (Å²) in [5.74, 6) is -0.174. The fourth-order valence-corrected chi connectivity index (χ4v) is 3.87. The van der Waals surface area contributed by atoms with Crippen molar-refractivity contribution in [2.45, 2.75) is 45.2 Å². The number of benzene rings is 1. The number of amides is 2. The van der Waals surface area contributed by atoms with Crippen LogP contribution in [-0.2, 0) is 13.0 Å². The van der Waals surface area contributed by atoms with Crippen LogP contribution in [0.4, 0.5) is 5.69 Å². The molecule has 1 saturated heterocycles. The second-order valence-electron chi connectivity index (χ2n) is 7.33. The van der Waals surface area contributed by atoms with E-state index in [1.54, 1.807) is 24.3 Å². The molecule has 7 heteroatoms. The summed E-state index contributed by atoms with van der Waals surface area (Å²) >= 11 is 0. The first-order valence-electron chi connectivity index (χ1n) is 9.62. The van der Waals surface area contributed by atoms with Crippen LogP contribution in [0.3, 0.4) is 0 Å². The van der Waals surface area contributed by atoms with Crippen molar-refractivity contribution < 1.29 is 9.59 Å². The summed E-state index contributed by atoms with van der Waals surface area (Å²) in [4.78, 5) is 27.2. The van der Waals surface area contributed by atoms with Crippen LogP contribution in [0, 0.1) is 0 Å². The van der Waals surface area contributed by atoms with Crippen LogP contribution in [-0.4, -0.2) is 46.0 Å². The van der Waals surface area contributed by atoms with E-state index in [9.17, 15) is 9.59 Å². The molecular weight excluding hydrogens is 342 g/mol. The van der Waals surface area contributed by atoms with E-state index in [0.717, 1.165) is 43.6 Å². The largest absolute Gasteiger partial charge is 0.336 e. The maximum atomic E-state index is 12.7. The van der Waals surface area contributed by atoms with Gasteiger partial charge in [-0.05, 0) is 50.5 Å². The Morgan fingerprint density at radius 2 is 2.04 bits per heavy atom. The van der Waals surface area contributed by atoms with Gasteiger partial charge in [-0.3, -0.25) is 14.7 Å². The number of nitrogens with one attached hydrogen (secondary N) is 3. The van der Waals surface area contributed by atoms with Crippen molar-refractivity contribution >= 4 is 17.5 Å². The molecule has 2 amide bonds. The Balaban J connectivity index is 1.44. The summed E-state index contributed by atoms with van der Waals surface area (Å²) in [6.07, 6.45) is 4.15. The molecule has 142 valence electrons. The van der Waals surface area contributed by atoms with E-state index >= 15 is 0 Å². The molecule has 1 unspecified atom stereocenters. The minimum absolute atomic E-state index is 0.0625. The zero-order chi connectivity index (χ0) is 18.8. The van der Waals surface area contributed by atoms with Gasteiger partial charge in [0, 0.05) is 54.6 Å². The molecule has 0 aliphatic carbocycles. The van der Waals surface area contributed by atoms with Gasteiger partial charge in [-0.15, -0.1) is 0 Å². The van der Waals surface area contributed by atoms with E-state index < -0.39 is 0 Å². The first-order valence-corrected chi connectivity index (χ1v) is 9.62. The predicted octanol–water partition coefficient (Wildman–Crippen LogP) is 2.32. The molecule has 2 aliphatic heterocycles. The molecule has 0 spiro atoms. The summed E-state index contributed by atoms with van der Waals surface area (Å²) < 4.78 is 0. The second kappa shape index (κ2) is 7.52. The Morgan fingerprint density at radius 1 is 1.22 bits per heavy atom. The molecule has 1 fully saturated rings. The van der Waals surface area contributed by atoms with Gasteiger partial charge in [0.2, 0.25) is 0 Å². The predicted molar refractivity (Wildman–Crippen MR) is 103 cm³/mol. The molecule has 1 aromatic carbocycles. The van der Waals surface area contributed by atoms with Gasteiger partial charge in [0.1, 0.15) is 0 Å². The monoisotopic (exact) mass is 367 g/mol. The number of hydrogen-bond donors (Lipinski definition) is 3. The van der Waals surface area contributed by atoms with Gasteiger partial charge in [0.15, 0.2) is 5.69 Å². The first-order chi connectivity index (χ1) is 13.1. The number of fused-ring (bicyclic) bond motifs is 1. The highest BCUT2D eigenvalue weighted by Gasteiger charge is 2.24. The number of rotatable bonds is 3. The van der Waals surface area contributed by atoms with Crippen LogP contribution in [0.1, 0.15) is 58.3 Å². The van der Waals surface area contributed by atoms with Crippen molar-refractivity contribution in [1.29, 1.82) is 0 Å². The number of likely N-dealkylation sites (tertiary alicyclic amines) is 1. The number of anilines is 1. The van der Waals surface area contributed by atoms with E-state index in [1.807, 2.05) is 4.90 Å².